The Morgan fingerprint density at radius 3 is 2.50 bits per heavy atom. The van der Waals surface area contributed by atoms with Gasteiger partial charge in [0.25, 0.3) is 0 Å². The predicted octanol–water partition coefficient (Wildman–Crippen LogP) is 6.60. The van der Waals surface area contributed by atoms with E-state index in [1.54, 1.807) is 0 Å². The second-order valence-corrected chi connectivity index (χ2v) is 7.56. The first-order valence-corrected chi connectivity index (χ1v) is 9.92. The summed E-state index contributed by atoms with van der Waals surface area (Å²) in [7, 11) is 0. The van der Waals surface area contributed by atoms with Crippen LogP contribution < -0.4 is 0 Å². The standard InChI is InChI=1S/C26H15N3O/c1-4-8-24-18(5-1)19-10-9-16(13-25(19)30-24)20-14-27-15-23-17(20)11-12-26-28-21-6-2-3-7-22(21)29(23)26/h1-15H. The summed E-state index contributed by atoms with van der Waals surface area (Å²) in [6.45, 7) is 0. The van der Waals surface area contributed by atoms with Crippen LogP contribution in [-0.4, -0.2) is 14.4 Å². The summed E-state index contributed by atoms with van der Waals surface area (Å²) in [6, 6.07) is 27.0. The molecule has 0 amide bonds. The zero-order valence-corrected chi connectivity index (χ0v) is 15.9. The van der Waals surface area contributed by atoms with Crippen molar-refractivity contribution in [1.82, 2.24) is 14.4 Å². The molecule has 4 heterocycles. The number of fused-ring (bicyclic) bond motifs is 8. The van der Waals surface area contributed by atoms with E-state index < -0.39 is 0 Å². The van der Waals surface area contributed by atoms with Gasteiger partial charge in [-0.3, -0.25) is 9.38 Å². The molecule has 0 unspecified atom stereocenters. The molecule has 0 aliphatic rings. The molecule has 4 aromatic heterocycles. The van der Waals surface area contributed by atoms with Gasteiger partial charge in [-0.05, 0) is 48.0 Å². The van der Waals surface area contributed by atoms with Crippen LogP contribution in [0, 0.1) is 0 Å². The van der Waals surface area contributed by atoms with Gasteiger partial charge in [0, 0.05) is 27.9 Å². The van der Waals surface area contributed by atoms with Crippen LogP contribution in [0.15, 0.2) is 95.7 Å². The van der Waals surface area contributed by atoms with Crippen molar-refractivity contribution in [3.8, 4) is 11.1 Å². The number of imidazole rings is 1. The molecular weight excluding hydrogens is 370 g/mol. The fourth-order valence-corrected chi connectivity index (χ4v) is 4.50. The van der Waals surface area contributed by atoms with Gasteiger partial charge in [-0.1, -0.05) is 36.4 Å². The van der Waals surface area contributed by atoms with Crippen molar-refractivity contribution >= 4 is 49.5 Å². The third kappa shape index (κ3) is 2.05. The first-order valence-electron chi connectivity index (χ1n) is 9.92. The van der Waals surface area contributed by atoms with E-state index in [0.717, 1.165) is 60.6 Å². The molecule has 3 aromatic carbocycles. The van der Waals surface area contributed by atoms with Crippen LogP contribution in [0.3, 0.4) is 0 Å². The Labute approximate surface area is 171 Å². The van der Waals surface area contributed by atoms with Gasteiger partial charge in [0.2, 0.25) is 0 Å². The van der Waals surface area contributed by atoms with Gasteiger partial charge in [0.1, 0.15) is 16.8 Å². The van der Waals surface area contributed by atoms with E-state index in [4.69, 9.17) is 9.40 Å². The first kappa shape index (κ1) is 15.7. The maximum absolute atomic E-state index is 6.11. The Hall–Kier alpha value is -4.18. The van der Waals surface area contributed by atoms with Gasteiger partial charge in [-0.25, -0.2) is 4.98 Å². The lowest BCUT2D eigenvalue weighted by atomic mass is 10.0. The van der Waals surface area contributed by atoms with Gasteiger partial charge >= 0.3 is 0 Å². The predicted molar refractivity (Wildman–Crippen MR) is 121 cm³/mol. The number of hydrogen-bond donors (Lipinski definition) is 0. The highest BCUT2D eigenvalue weighted by atomic mass is 16.3. The molecule has 30 heavy (non-hydrogen) atoms. The molecule has 0 spiro atoms. The third-order valence-corrected chi connectivity index (χ3v) is 5.88. The number of nitrogens with zero attached hydrogens (tertiary/aromatic N) is 3. The van der Waals surface area contributed by atoms with Crippen molar-refractivity contribution in [3.63, 3.8) is 0 Å². The Morgan fingerprint density at radius 2 is 1.50 bits per heavy atom. The quantitative estimate of drug-likeness (QED) is 0.320. The summed E-state index contributed by atoms with van der Waals surface area (Å²) in [5.41, 5.74) is 8.01. The third-order valence-electron chi connectivity index (χ3n) is 5.88. The van der Waals surface area contributed by atoms with Crippen molar-refractivity contribution in [2.24, 2.45) is 0 Å². The molecule has 4 heteroatoms. The fraction of sp³-hybridized carbons (Fsp3) is 0. The second-order valence-electron chi connectivity index (χ2n) is 7.56. The molecule has 0 aliphatic carbocycles. The number of para-hydroxylation sites is 3. The summed E-state index contributed by atoms with van der Waals surface area (Å²) >= 11 is 0. The van der Waals surface area contributed by atoms with Gasteiger partial charge in [-0.15, -0.1) is 0 Å². The van der Waals surface area contributed by atoms with E-state index in [-0.39, 0.29) is 0 Å². The normalized spacial score (nSPS) is 12.0. The van der Waals surface area contributed by atoms with Crippen LogP contribution in [0.2, 0.25) is 0 Å². The lowest BCUT2D eigenvalue weighted by Gasteiger charge is -2.09. The molecule has 7 aromatic rings. The van der Waals surface area contributed by atoms with Crippen LogP contribution in [0.5, 0.6) is 0 Å². The van der Waals surface area contributed by atoms with E-state index in [1.165, 1.54) is 0 Å². The van der Waals surface area contributed by atoms with E-state index in [9.17, 15) is 0 Å². The summed E-state index contributed by atoms with van der Waals surface area (Å²) < 4.78 is 8.29. The first-order chi connectivity index (χ1) is 14.9. The lowest BCUT2D eigenvalue weighted by molar-refractivity contribution is 0.669. The average molecular weight is 385 g/mol. The Balaban J connectivity index is 1.54. The minimum Gasteiger partial charge on any atom is -0.456 e. The smallest absolute Gasteiger partial charge is 0.138 e. The van der Waals surface area contributed by atoms with Gasteiger partial charge in [0.15, 0.2) is 0 Å². The summed E-state index contributed by atoms with van der Waals surface area (Å²) in [6.07, 6.45) is 3.84. The highest BCUT2D eigenvalue weighted by Crippen LogP contribution is 2.35. The van der Waals surface area contributed by atoms with Crippen molar-refractivity contribution in [2.75, 3.05) is 0 Å². The number of furan rings is 1. The van der Waals surface area contributed by atoms with Crippen LogP contribution in [0.4, 0.5) is 0 Å². The maximum Gasteiger partial charge on any atom is 0.138 e. The zero-order chi connectivity index (χ0) is 19.7. The fourth-order valence-electron chi connectivity index (χ4n) is 4.50. The highest BCUT2D eigenvalue weighted by Gasteiger charge is 2.13. The molecule has 0 atom stereocenters. The van der Waals surface area contributed by atoms with E-state index in [1.807, 2.05) is 48.8 Å². The Kier molecular flexibility index (Phi) is 2.97. The molecule has 0 bridgehead atoms. The molecule has 0 saturated carbocycles. The average Bonchev–Trinajstić information content (AvgIpc) is 3.36. The lowest BCUT2D eigenvalue weighted by Crippen LogP contribution is -1.92. The molecule has 140 valence electrons. The molecule has 0 fully saturated rings. The van der Waals surface area contributed by atoms with Crippen LogP contribution >= 0.6 is 0 Å². The molecule has 0 aliphatic heterocycles. The van der Waals surface area contributed by atoms with Gasteiger partial charge < -0.3 is 4.42 Å². The molecule has 4 nitrogen and oxygen atoms in total. The molecular formula is C26H15N3O. The molecule has 0 N–H and O–H groups in total. The zero-order valence-electron chi connectivity index (χ0n) is 15.9. The minimum atomic E-state index is 0.889. The maximum atomic E-state index is 6.11. The van der Waals surface area contributed by atoms with Crippen LogP contribution in [0.25, 0.3) is 60.6 Å². The largest absolute Gasteiger partial charge is 0.456 e. The number of hydrogen-bond acceptors (Lipinski definition) is 3. The summed E-state index contributed by atoms with van der Waals surface area (Å²) in [5.74, 6) is 0. The highest BCUT2D eigenvalue weighted by molar-refractivity contribution is 6.07. The number of aromatic nitrogens is 3. The second kappa shape index (κ2) is 5.67. The van der Waals surface area contributed by atoms with E-state index in [0.29, 0.717) is 0 Å². The van der Waals surface area contributed by atoms with Crippen LogP contribution in [0.1, 0.15) is 0 Å². The molecule has 7 rings (SSSR count). The van der Waals surface area contributed by atoms with E-state index in [2.05, 4.69) is 51.8 Å². The number of rotatable bonds is 1. The summed E-state index contributed by atoms with van der Waals surface area (Å²) in [5, 5.41) is 3.41. The Morgan fingerprint density at radius 1 is 0.667 bits per heavy atom. The summed E-state index contributed by atoms with van der Waals surface area (Å²) in [4.78, 5) is 9.32. The monoisotopic (exact) mass is 385 g/mol. The van der Waals surface area contributed by atoms with Gasteiger partial charge in [0.05, 0.1) is 22.7 Å². The van der Waals surface area contributed by atoms with Crippen molar-refractivity contribution < 1.29 is 4.42 Å². The van der Waals surface area contributed by atoms with Crippen molar-refractivity contribution in [2.45, 2.75) is 0 Å². The molecule has 0 radical (unpaired) electrons. The topological polar surface area (TPSA) is 43.3 Å². The Bertz CT molecular complexity index is 1760. The molecule has 0 saturated heterocycles. The number of benzene rings is 3. The SMILES string of the molecule is c1ccc2c(c1)nc1ccc3c(-c4ccc5c(c4)oc4ccccc45)cncc3n12. The van der Waals surface area contributed by atoms with Crippen LogP contribution in [-0.2, 0) is 0 Å². The van der Waals surface area contributed by atoms with Gasteiger partial charge in [-0.2, -0.15) is 0 Å². The minimum absolute atomic E-state index is 0.889. The number of pyridine rings is 2. The van der Waals surface area contributed by atoms with Crippen molar-refractivity contribution in [3.05, 3.63) is 91.3 Å². The van der Waals surface area contributed by atoms with E-state index >= 15 is 0 Å². The van der Waals surface area contributed by atoms with Crippen molar-refractivity contribution in [1.29, 1.82) is 0 Å².